The molecular formula is C13H19N3O4. The zero-order valence-corrected chi connectivity index (χ0v) is 11.4. The SMILES string of the molecule is CNc1cc(NC2(CO)CCOCC2)cc([N+](=O)[O-])c1. The van der Waals surface area contributed by atoms with E-state index in [0.717, 1.165) is 0 Å². The number of nitrogens with one attached hydrogen (secondary N) is 2. The molecule has 1 fully saturated rings. The van der Waals surface area contributed by atoms with Crippen molar-refractivity contribution in [3.05, 3.63) is 28.3 Å². The predicted octanol–water partition coefficient (Wildman–Crippen LogP) is 1.59. The van der Waals surface area contributed by atoms with Crippen molar-refractivity contribution in [2.24, 2.45) is 0 Å². The summed E-state index contributed by atoms with van der Waals surface area (Å²) in [6.45, 7) is 1.11. The molecule has 0 amide bonds. The summed E-state index contributed by atoms with van der Waals surface area (Å²) in [4.78, 5) is 10.5. The van der Waals surface area contributed by atoms with Gasteiger partial charge in [0.05, 0.1) is 17.1 Å². The molecule has 1 aliphatic heterocycles. The maximum Gasteiger partial charge on any atom is 0.273 e. The van der Waals surface area contributed by atoms with Crippen LogP contribution in [0, 0.1) is 10.1 Å². The van der Waals surface area contributed by atoms with Gasteiger partial charge < -0.3 is 20.5 Å². The van der Waals surface area contributed by atoms with Gasteiger partial charge >= 0.3 is 0 Å². The van der Waals surface area contributed by atoms with Gasteiger partial charge in [0.25, 0.3) is 5.69 Å². The lowest BCUT2D eigenvalue weighted by molar-refractivity contribution is -0.384. The van der Waals surface area contributed by atoms with E-state index >= 15 is 0 Å². The molecule has 0 aliphatic carbocycles. The fourth-order valence-electron chi connectivity index (χ4n) is 2.32. The Kier molecular flexibility index (Phi) is 4.41. The van der Waals surface area contributed by atoms with E-state index < -0.39 is 10.5 Å². The Hall–Kier alpha value is -1.86. The number of ether oxygens (including phenoxy) is 1. The van der Waals surface area contributed by atoms with Crippen LogP contribution in [-0.4, -0.2) is 42.4 Å². The lowest BCUT2D eigenvalue weighted by Crippen LogP contribution is -2.46. The van der Waals surface area contributed by atoms with E-state index in [1.807, 2.05) is 0 Å². The number of aliphatic hydroxyl groups excluding tert-OH is 1. The average molecular weight is 281 g/mol. The van der Waals surface area contributed by atoms with Crippen LogP contribution >= 0.6 is 0 Å². The maximum absolute atomic E-state index is 10.9. The van der Waals surface area contributed by atoms with Gasteiger partial charge in [-0.3, -0.25) is 10.1 Å². The Morgan fingerprint density at radius 1 is 1.35 bits per heavy atom. The Labute approximate surface area is 117 Å². The molecule has 0 spiro atoms. The van der Waals surface area contributed by atoms with E-state index in [9.17, 15) is 15.2 Å². The van der Waals surface area contributed by atoms with E-state index in [1.54, 1.807) is 13.1 Å². The third kappa shape index (κ3) is 3.17. The van der Waals surface area contributed by atoms with Crippen molar-refractivity contribution in [2.45, 2.75) is 18.4 Å². The van der Waals surface area contributed by atoms with E-state index in [-0.39, 0.29) is 12.3 Å². The molecule has 0 aromatic heterocycles. The van der Waals surface area contributed by atoms with Crippen LogP contribution in [0.1, 0.15) is 12.8 Å². The summed E-state index contributed by atoms with van der Waals surface area (Å²) < 4.78 is 5.30. The van der Waals surface area contributed by atoms with Crippen LogP contribution in [0.15, 0.2) is 18.2 Å². The highest BCUT2D eigenvalue weighted by atomic mass is 16.6. The monoisotopic (exact) mass is 281 g/mol. The van der Waals surface area contributed by atoms with E-state index in [0.29, 0.717) is 37.4 Å². The molecule has 0 atom stereocenters. The molecule has 3 N–H and O–H groups in total. The largest absolute Gasteiger partial charge is 0.394 e. The minimum atomic E-state index is -0.474. The van der Waals surface area contributed by atoms with Gasteiger partial charge in [-0.25, -0.2) is 0 Å². The lowest BCUT2D eigenvalue weighted by atomic mass is 9.90. The minimum Gasteiger partial charge on any atom is -0.394 e. The van der Waals surface area contributed by atoms with Gasteiger partial charge in [0.1, 0.15) is 0 Å². The summed E-state index contributed by atoms with van der Waals surface area (Å²) in [5.74, 6) is 0. The van der Waals surface area contributed by atoms with Crippen molar-refractivity contribution < 1.29 is 14.8 Å². The Balaban J connectivity index is 2.27. The molecule has 1 aliphatic rings. The third-order valence-electron chi connectivity index (χ3n) is 3.58. The molecule has 7 heteroatoms. The molecule has 0 radical (unpaired) electrons. The Morgan fingerprint density at radius 2 is 2.00 bits per heavy atom. The van der Waals surface area contributed by atoms with Crippen LogP contribution in [0.5, 0.6) is 0 Å². The summed E-state index contributed by atoms with van der Waals surface area (Å²) in [7, 11) is 1.71. The van der Waals surface area contributed by atoms with Gasteiger partial charge in [-0.1, -0.05) is 0 Å². The van der Waals surface area contributed by atoms with Crippen LogP contribution in [0.2, 0.25) is 0 Å². The smallest absolute Gasteiger partial charge is 0.273 e. The van der Waals surface area contributed by atoms with Crippen LogP contribution in [-0.2, 0) is 4.74 Å². The number of hydrogen-bond acceptors (Lipinski definition) is 6. The van der Waals surface area contributed by atoms with Crippen molar-refractivity contribution in [1.82, 2.24) is 0 Å². The van der Waals surface area contributed by atoms with Crippen LogP contribution in [0.3, 0.4) is 0 Å². The van der Waals surface area contributed by atoms with Gasteiger partial charge in [0.2, 0.25) is 0 Å². The highest BCUT2D eigenvalue weighted by Crippen LogP contribution is 2.30. The summed E-state index contributed by atoms with van der Waals surface area (Å²) in [5.41, 5.74) is 0.819. The number of nitro groups is 1. The van der Waals surface area contributed by atoms with Crippen molar-refractivity contribution in [1.29, 1.82) is 0 Å². The van der Waals surface area contributed by atoms with Gasteiger partial charge in [-0.15, -0.1) is 0 Å². The molecule has 20 heavy (non-hydrogen) atoms. The van der Waals surface area contributed by atoms with Crippen LogP contribution in [0.4, 0.5) is 17.1 Å². The fraction of sp³-hybridized carbons (Fsp3) is 0.538. The molecule has 7 nitrogen and oxygen atoms in total. The molecule has 2 rings (SSSR count). The molecule has 1 aromatic carbocycles. The van der Waals surface area contributed by atoms with Crippen LogP contribution in [0.25, 0.3) is 0 Å². The number of non-ortho nitro benzene ring substituents is 1. The van der Waals surface area contributed by atoms with Crippen molar-refractivity contribution in [3.63, 3.8) is 0 Å². The average Bonchev–Trinajstić information content (AvgIpc) is 2.47. The summed E-state index contributed by atoms with van der Waals surface area (Å²) >= 11 is 0. The number of nitro benzene ring substituents is 1. The molecule has 110 valence electrons. The Morgan fingerprint density at radius 3 is 2.55 bits per heavy atom. The normalized spacial score (nSPS) is 17.5. The van der Waals surface area contributed by atoms with Gasteiger partial charge in [0, 0.05) is 43.8 Å². The van der Waals surface area contributed by atoms with Crippen molar-refractivity contribution in [3.8, 4) is 0 Å². The number of benzene rings is 1. The van der Waals surface area contributed by atoms with E-state index in [4.69, 9.17) is 4.74 Å². The van der Waals surface area contributed by atoms with E-state index in [2.05, 4.69) is 10.6 Å². The number of hydrogen-bond donors (Lipinski definition) is 3. The van der Waals surface area contributed by atoms with Crippen molar-refractivity contribution in [2.75, 3.05) is 37.5 Å². The molecule has 0 saturated carbocycles. The quantitative estimate of drug-likeness (QED) is 0.560. The zero-order valence-electron chi connectivity index (χ0n) is 11.4. The standard InChI is InChI=1S/C13H19N3O4/c1-14-10-6-11(8-12(7-10)16(18)19)15-13(9-17)2-4-20-5-3-13/h6-8,14-15,17H,2-5,9H2,1H3. The highest BCUT2D eigenvalue weighted by Gasteiger charge is 2.32. The molecular weight excluding hydrogens is 262 g/mol. The first-order valence-corrected chi connectivity index (χ1v) is 6.53. The Bertz CT molecular complexity index is 487. The molecule has 1 heterocycles. The third-order valence-corrected chi connectivity index (χ3v) is 3.58. The fourth-order valence-corrected chi connectivity index (χ4v) is 2.32. The topological polar surface area (TPSA) is 96.7 Å². The second kappa shape index (κ2) is 6.06. The first kappa shape index (κ1) is 14.5. The van der Waals surface area contributed by atoms with Crippen LogP contribution < -0.4 is 10.6 Å². The summed E-state index contributed by atoms with van der Waals surface area (Å²) in [5, 5.41) is 26.7. The highest BCUT2D eigenvalue weighted by molar-refractivity contribution is 5.64. The number of aliphatic hydroxyl groups is 1. The van der Waals surface area contributed by atoms with Crippen molar-refractivity contribution >= 4 is 17.1 Å². The van der Waals surface area contributed by atoms with E-state index in [1.165, 1.54) is 12.1 Å². The maximum atomic E-state index is 10.9. The molecule has 1 saturated heterocycles. The second-order valence-electron chi connectivity index (χ2n) is 4.95. The number of rotatable bonds is 5. The number of anilines is 2. The second-order valence-corrected chi connectivity index (χ2v) is 4.95. The van der Waals surface area contributed by atoms with Gasteiger partial charge in [-0.05, 0) is 18.9 Å². The molecule has 0 bridgehead atoms. The lowest BCUT2D eigenvalue weighted by Gasteiger charge is -2.37. The number of nitrogens with zero attached hydrogens (tertiary/aromatic N) is 1. The summed E-state index contributed by atoms with van der Waals surface area (Å²) in [6.07, 6.45) is 1.34. The van der Waals surface area contributed by atoms with Gasteiger partial charge in [0.15, 0.2) is 0 Å². The zero-order chi connectivity index (χ0) is 14.6. The molecule has 0 unspecified atom stereocenters. The minimum absolute atomic E-state index is 0.0134. The first-order chi connectivity index (χ1) is 9.58. The predicted molar refractivity (Wildman–Crippen MR) is 76.1 cm³/mol. The molecule has 1 aromatic rings. The summed E-state index contributed by atoms with van der Waals surface area (Å²) in [6, 6.07) is 4.74. The van der Waals surface area contributed by atoms with Gasteiger partial charge in [-0.2, -0.15) is 0 Å². The first-order valence-electron chi connectivity index (χ1n) is 6.53.